The van der Waals surface area contributed by atoms with Crippen LogP contribution in [0, 0.1) is 0 Å². The number of hydrogen-bond acceptors (Lipinski definition) is 3. The van der Waals surface area contributed by atoms with Crippen LogP contribution in [-0.4, -0.2) is 40.6 Å². The normalized spacial score (nSPS) is 19.3. The molecule has 2 aromatic carbocycles. The van der Waals surface area contributed by atoms with E-state index in [1.54, 1.807) is 0 Å². The summed E-state index contributed by atoms with van der Waals surface area (Å²) in [7, 11) is 0. The zero-order valence-corrected chi connectivity index (χ0v) is 15.1. The van der Waals surface area contributed by atoms with Crippen molar-refractivity contribution in [3.63, 3.8) is 0 Å². The fraction of sp³-hybridized carbons (Fsp3) is 0.318. The van der Waals surface area contributed by atoms with Crippen LogP contribution in [0.4, 0.5) is 0 Å². The predicted octanol–water partition coefficient (Wildman–Crippen LogP) is 2.70. The Morgan fingerprint density at radius 3 is 2.30 bits per heavy atom. The SMILES string of the molecule is O=C1CCC(=O)N1CCC(=O)N1CCc2ccccc2[C@H]1c1ccccc1. The lowest BCUT2D eigenvalue weighted by Gasteiger charge is -2.38. The average Bonchev–Trinajstić information content (AvgIpc) is 3.03. The first-order chi connectivity index (χ1) is 13.1. The highest BCUT2D eigenvalue weighted by Crippen LogP contribution is 2.35. The maximum atomic E-state index is 13.0. The molecular weight excluding hydrogens is 340 g/mol. The van der Waals surface area contributed by atoms with Crippen molar-refractivity contribution in [2.75, 3.05) is 13.1 Å². The fourth-order valence-electron chi connectivity index (χ4n) is 4.05. The van der Waals surface area contributed by atoms with Crippen molar-refractivity contribution in [3.8, 4) is 0 Å². The summed E-state index contributed by atoms with van der Waals surface area (Å²) in [5, 5.41) is 0. The van der Waals surface area contributed by atoms with Crippen LogP contribution in [0.5, 0.6) is 0 Å². The summed E-state index contributed by atoms with van der Waals surface area (Å²) in [6.45, 7) is 0.813. The highest BCUT2D eigenvalue weighted by molar-refractivity contribution is 6.02. The van der Waals surface area contributed by atoms with Crippen molar-refractivity contribution in [1.82, 2.24) is 9.80 Å². The van der Waals surface area contributed by atoms with Gasteiger partial charge in [0.05, 0.1) is 6.04 Å². The van der Waals surface area contributed by atoms with E-state index in [1.165, 1.54) is 10.5 Å². The number of likely N-dealkylation sites (tertiary alicyclic amines) is 1. The molecule has 3 amide bonds. The van der Waals surface area contributed by atoms with E-state index in [0.717, 1.165) is 17.5 Å². The molecule has 0 N–H and O–H groups in total. The molecule has 5 heteroatoms. The Morgan fingerprint density at radius 1 is 0.889 bits per heavy atom. The third-order valence-electron chi connectivity index (χ3n) is 5.42. The summed E-state index contributed by atoms with van der Waals surface area (Å²) in [6, 6.07) is 18.1. The molecule has 1 fully saturated rings. The Labute approximate surface area is 158 Å². The Hall–Kier alpha value is -2.95. The van der Waals surface area contributed by atoms with Crippen LogP contribution in [0.3, 0.4) is 0 Å². The van der Waals surface area contributed by atoms with Crippen molar-refractivity contribution >= 4 is 17.7 Å². The minimum atomic E-state index is -0.170. The lowest BCUT2D eigenvalue weighted by Crippen LogP contribution is -2.42. The van der Waals surface area contributed by atoms with Crippen LogP contribution in [-0.2, 0) is 20.8 Å². The molecule has 0 radical (unpaired) electrons. The van der Waals surface area contributed by atoms with Gasteiger partial charge in [-0.3, -0.25) is 19.3 Å². The molecule has 138 valence electrons. The number of nitrogens with zero attached hydrogens (tertiary/aromatic N) is 2. The van der Waals surface area contributed by atoms with Crippen LogP contribution in [0.2, 0.25) is 0 Å². The maximum Gasteiger partial charge on any atom is 0.229 e. The van der Waals surface area contributed by atoms with Crippen LogP contribution < -0.4 is 0 Å². The van der Waals surface area contributed by atoms with E-state index in [9.17, 15) is 14.4 Å². The lowest BCUT2D eigenvalue weighted by atomic mass is 9.88. The number of rotatable bonds is 4. The second-order valence-electron chi connectivity index (χ2n) is 7.04. The molecule has 0 aliphatic carbocycles. The molecule has 0 aromatic heterocycles. The molecule has 0 unspecified atom stereocenters. The van der Waals surface area contributed by atoms with E-state index in [0.29, 0.717) is 6.54 Å². The van der Waals surface area contributed by atoms with Crippen LogP contribution in [0.1, 0.15) is 42.0 Å². The summed E-state index contributed by atoms with van der Waals surface area (Å²) >= 11 is 0. The topological polar surface area (TPSA) is 57.7 Å². The van der Waals surface area contributed by atoms with Gasteiger partial charge in [-0.15, -0.1) is 0 Å². The summed E-state index contributed by atoms with van der Waals surface area (Å²) in [5.41, 5.74) is 3.49. The minimum absolute atomic E-state index is 0.0224. The number of carbonyl (C=O) groups excluding carboxylic acids is 3. The highest BCUT2D eigenvalue weighted by atomic mass is 16.2. The Morgan fingerprint density at radius 2 is 1.56 bits per heavy atom. The number of imide groups is 1. The van der Waals surface area contributed by atoms with E-state index in [2.05, 4.69) is 12.1 Å². The van der Waals surface area contributed by atoms with E-state index in [-0.39, 0.29) is 49.6 Å². The van der Waals surface area contributed by atoms with Gasteiger partial charge in [-0.2, -0.15) is 0 Å². The summed E-state index contributed by atoms with van der Waals surface area (Å²) in [6.07, 6.45) is 1.50. The number of fused-ring (bicyclic) bond motifs is 1. The molecule has 1 atom stereocenters. The van der Waals surface area contributed by atoms with Gasteiger partial charge < -0.3 is 4.90 Å². The smallest absolute Gasteiger partial charge is 0.229 e. The Balaban J connectivity index is 1.58. The number of carbonyl (C=O) groups is 3. The fourth-order valence-corrected chi connectivity index (χ4v) is 4.05. The average molecular weight is 362 g/mol. The molecule has 4 rings (SSSR count). The van der Waals surface area contributed by atoms with Gasteiger partial charge in [0.25, 0.3) is 0 Å². The van der Waals surface area contributed by atoms with E-state index in [1.807, 2.05) is 47.4 Å². The first kappa shape index (κ1) is 17.5. The molecule has 0 bridgehead atoms. The summed E-state index contributed by atoms with van der Waals surface area (Å²) in [4.78, 5) is 39.8. The van der Waals surface area contributed by atoms with Crippen LogP contribution >= 0.6 is 0 Å². The van der Waals surface area contributed by atoms with Gasteiger partial charge in [0.1, 0.15) is 0 Å². The molecule has 0 spiro atoms. The molecule has 2 aliphatic rings. The van der Waals surface area contributed by atoms with Crippen LogP contribution in [0.25, 0.3) is 0 Å². The molecular formula is C22H22N2O3. The number of hydrogen-bond donors (Lipinski definition) is 0. The maximum absolute atomic E-state index is 13.0. The lowest BCUT2D eigenvalue weighted by molar-refractivity contribution is -0.139. The standard InChI is InChI=1S/C22H22N2O3/c25-19-10-11-20(26)23(19)15-13-21(27)24-14-12-16-6-4-5-9-18(16)22(24)17-7-2-1-3-8-17/h1-9,22H,10-15H2/t22-/m1/s1. The zero-order valence-electron chi connectivity index (χ0n) is 15.1. The van der Waals surface area contributed by atoms with Gasteiger partial charge in [-0.05, 0) is 23.1 Å². The van der Waals surface area contributed by atoms with Crippen molar-refractivity contribution in [2.45, 2.75) is 31.7 Å². The van der Waals surface area contributed by atoms with Crippen molar-refractivity contribution in [1.29, 1.82) is 0 Å². The largest absolute Gasteiger partial charge is 0.331 e. The van der Waals surface area contributed by atoms with Gasteiger partial charge in [-0.25, -0.2) is 0 Å². The second kappa shape index (κ2) is 7.35. The van der Waals surface area contributed by atoms with E-state index >= 15 is 0 Å². The predicted molar refractivity (Wildman–Crippen MR) is 101 cm³/mol. The second-order valence-corrected chi connectivity index (χ2v) is 7.04. The van der Waals surface area contributed by atoms with Crippen LogP contribution in [0.15, 0.2) is 54.6 Å². The molecule has 5 nitrogen and oxygen atoms in total. The Bertz CT molecular complexity index is 862. The first-order valence-electron chi connectivity index (χ1n) is 9.40. The first-order valence-corrected chi connectivity index (χ1v) is 9.40. The van der Waals surface area contributed by atoms with E-state index < -0.39 is 0 Å². The van der Waals surface area contributed by atoms with E-state index in [4.69, 9.17) is 0 Å². The van der Waals surface area contributed by atoms with Gasteiger partial charge >= 0.3 is 0 Å². The van der Waals surface area contributed by atoms with Gasteiger partial charge in [0.2, 0.25) is 17.7 Å². The molecule has 1 saturated heterocycles. The molecule has 2 aromatic rings. The molecule has 2 aliphatic heterocycles. The monoisotopic (exact) mass is 362 g/mol. The summed E-state index contributed by atoms with van der Waals surface area (Å²) < 4.78 is 0. The number of benzene rings is 2. The van der Waals surface area contributed by atoms with Crippen molar-refractivity contribution in [3.05, 3.63) is 71.3 Å². The highest BCUT2D eigenvalue weighted by Gasteiger charge is 2.33. The minimum Gasteiger partial charge on any atom is -0.331 e. The van der Waals surface area contributed by atoms with Gasteiger partial charge in [0, 0.05) is 32.4 Å². The number of amides is 3. The third kappa shape index (κ3) is 3.37. The quantitative estimate of drug-likeness (QED) is 0.786. The molecule has 27 heavy (non-hydrogen) atoms. The molecule has 2 heterocycles. The zero-order chi connectivity index (χ0) is 18.8. The van der Waals surface area contributed by atoms with Crippen molar-refractivity contribution < 1.29 is 14.4 Å². The van der Waals surface area contributed by atoms with Gasteiger partial charge in [0.15, 0.2) is 0 Å². The van der Waals surface area contributed by atoms with Gasteiger partial charge in [-0.1, -0.05) is 54.6 Å². The van der Waals surface area contributed by atoms with Crippen molar-refractivity contribution in [2.24, 2.45) is 0 Å². The molecule has 0 saturated carbocycles. The third-order valence-corrected chi connectivity index (χ3v) is 5.42. The Kier molecular flexibility index (Phi) is 4.75. The summed E-state index contributed by atoms with van der Waals surface area (Å²) in [5.74, 6) is -0.362.